The zero-order chi connectivity index (χ0) is 9.23. The van der Waals surface area contributed by atoms with Crippen LogP contribution in [0.25, 0.3) is 0 Å². The summed E-state index contributed by atoms with van der Waals surface area (Å²) in [5.41, 5.74) is 0. The Bertz CT molecular complexity index is 83.9. The van der Waals surface area contributed by atoms with Crippen molar-refractivity contribution in [1.82, 2.24) is 0 Å². The number of aliphatic hydroxyl groups excluding tert-OH is 1. The van der Waals surface area contributed by atoms with Crippen molar-refractivity contribution in [2.75, 3.05) is 19.8 Å². The fourth-order valence-electron chi connectivity index (χ4n) is 1.23. The van der Waals surface area contributed by atoms with E-state index >= 15 is 0 Å². The Labute approximate surface area is 75.9 Å². The van der Waals surface area contributed by atoms with Gasteiger partial charge in [0.1, 0.15) is 0 Å². The van der Waals surface area contributed by atoms with Crippen LogP contribution in [-0.4, -0.2) is 24.9 Å². The highest BCUT2D eigenvalue weighted by Crippen LogP contribution is 2.09. The molecule has 0 aromatic rings. The third kappa shape index (κ3) is 6.62. The van der Waals surface area contributed by atoms with E-state index in [9.17, 15) is 0 Å². The Kier molecular flexibility index (Phi) is 8.95. The molecule has 2 heteroatoms. The lowest BCUT2D eigenvalue weighted by Gasteiger charge is -2.12. The molecule has 0 saturated carbocycles. The molecule has 74 valence electrons. The van der Waals surface area contributed by atoms with E-state index < -0.39 is 0 Å². The van der Waals surface area contributed by atoms with Crippen molar-refractivity contribution in [3.8, 4) is 0 Å². The van der Waals surface area contributed by atoms with Gasteiger partial charge in [-0.15, -0.1) is 0 Å². The topological polar surface area (TPSA) is 29.5 Å². The highest BCUT2D eigenvalue weighted by molar-refractivity contribution is 4.55. The van der Waals surface area contributed by atoms with Crippen LogP contribution in [0.4, 0.5) is 0 Å². The fraction of sp³-hybridized carbons (Fsp3) is 1.00. The second kappa shape index (κ2) is 9.01. The van der Waals surface area contributed by atoms with Gasteiger partial charge in [0.15, 0.2) is 0 Å². The van der Waals surface area contributed by atoms with E-state index in [1.807, 2.05) is 0 Å². The highest BCUT2D eigenvalue weighted by atomic mass is 16.5. The van der Waals surface area contributed by atoms with E-state index in [1.54, 1.807) is 0 Å². The third-order valence-corrected chi connectivity index (χ3v) is 1.97. The van der Waals surface area contributed by atoms with Crippen LogP contribution in [0.3, 0.4) is 0 Å². The number of hydrogen-bond acceptors (Lipinski definition) is 2. The van der Waals surface area contributed by atoms with Crippen LogP contribution in [0.5, 0.6) is 0 Å². The van der Waals surface area contributed by atoms with Crippen molar-refractivity contribution in [1.29, 1.82) is 0 Å². The van der Waals surface area contributed by atoms with E-state index in [4.69, 9.17) is 9.84 Å². The molecular weight excluding hydrogens is 152 g/mol. The van der Waals surface area contributed by atoms with Gasteiger partial charge < -0.3 is 9.84 Å². The van der Waals surface area contributed by atoms with Crippen molar-refractivity contribution in [2.24, 2.45) is 5.92 Å². The molecule has 12 heavy (non-hydrogen) atoms. The molecule has 0 aromatic carbocycles. The first kappa shape index (κ1) is 11.9. The molecular formula is C10H22O2. The lowest BCUT2D eigenvalue weighted by atomic mass is 10.0. The summed E-state index contributed by atoms with van der Waals surface area (Å²) in [5, 5.41) is 8.96. The first-order valence-corrected chi connectivity index (χ1v) is 5.03. The highest BCUT2D eigenvalue weighted by Gasteiger charge is 2.04. The normalized spacial score (nSPS) is 13.2. The SMILES string of the molecule is CCCOCCC(CO)CCC. The van der Waals surface area contributed by atoms with E-state index in [0.717, 1.165) is 38.9 Å². The molecule has 1 unspecified atom stereocenters. The van der Waals surface area contributed by atoms with Crippen molar-refractivity contribution in [2.45, 2.75) is 39.5 Å². The molecule has 0 aliphatic rings. The van der Waals surface area contributed by atoms with Crippen molar-refractivity contribution >= 4 is 0 Å². The second-order valence-electron chi connectivity index (χ2n) is 3.24. The molecule has 0 bridgehead atoms. The van der Waals surface area contributed by atoms with Crippen molar-refractivity contribution in [3.63, 3.8) is 0 Å². The summed E-state index contributed by atoms with van der Waals surface area (Å²) in [6.07, 6.45) is 4.35. The standard InChI is InChI=1S/C10H22O2/c1-3-5-10(9-11)6-8-12-7-4-2/h10-11H,3-9H2,1-2H3. The summed E-state index contributed by atoms with van der Waals surface area (Å²) >= 11 is 0. The smallest absolute Gasteiger partial charge is 0.0469 e. The van der Waals surface area contributed by atoms with E-state index in [1.165, 1.54) is 0 Å². The van der Waals surface area contributed by atoms with Crippen LogP contribution in [0.1, 0.15) is 39.5 Å². The maximum Gasteiger partial charge on any atom is 0.0469 e. The molecule has 0 heterocycles. The lowest BCUT2D eigenvalue weighted by Crippen LogP contribution is -2.09. The minimum atomic E-state index is 0.309. The molecule has 1 N–H and O–H groups in total. The zero-order valence-corrected chi connectivity index (χ0v) is 8.38. The first-order chi connectivity index (χ1) is 5.85. The minimum Gasteiger partial charge on any atom is -0.396 e. The van der Waals surface area contributed by atoms with Crippen LogP contribution in [-0.2, 0) is 4.74 Å². The average molecular weight is 174 g/mol. The van der Waals surface area contributed by atoms with Gasteiger partial charge in [-0.1, -0.05) is 20.3 Å². The monoisotopic (exact) mass is 174 g/mol. The van der Waals surface area contributed by atoms with Gasteiger partial charge in [-0.05, 0) is 25.2 Å². The predicted molar refractivity (Wildman–Crippen MR) is 51.2 cm³/mol. The molecule has 0 aliphatic carbocycles. The molecule has 0 spiro atoms. The maximum absolute atomic E-state index is 8.96. The summed E-state index contributed by atoms with van der Waals surface area (Å²) in [6.45, 7) is 6.22. The quantitative estimate of drug-likeness (QED) is 0.572. The summed E-state index contributed by atoms with van der Waals surface area (Å²) in [6, 6.07) is 0. The van der Waals surface area contributed by atoms with Crippen LogP contribution in [0, 0.1) is 5.92 Å². The summed E-state index contributed by atoms with van der Waals surface area (Å²) < 4.78 is 5.35. The maximum atomic E-state index is 8.96. The van der Waals surface area contributed by atoms with Gasteiger partial charge in [-0.25, -0.2) is 0 Å². The molecule has 2 nitrogen and oxygen atoms in total. The number of rotatable bonds is 8. The molecule has 0 aliphatic heterocycles. The fourth-order valence-corrected chi connectivity index (χ4v) is 1.23. The molecule has 0 radical (unpaired) electrons. The molecule has 1 atom stereocenters. The van der Waals surface area contributed by atoms with Crippen LogP contribution in [0.15, 0.2) is 0 Å². The Morgan fingerprint density at radius 3 is 2.33 bits per heavy atom. The Hall–Kier alpha value is -0.0800. The minimum absolute atomic E-state index is 0.309. The van der Waals surface area contributed by atoms with Crippen LogP contribution >= 0.6 is 0 Å². The Morgan fingerprint density at radius 1 is 1.08 bits per heavy atom. The molecule has 0 aromatic heterocycles. The van der Waals surface area contributed by atoms with Crippen LogP contribution in [0.2, 0.25) is 0 Å². The van der Waals surface area contributed by atoms with Crippen molar-refractivity contribution in [3.05, 3.63) is 0 Å². The summed E-state index contributed by atoms with van der Waals surface area (Å²) in [4.78, 5) is 0. The van der Waals surface area contributed by atoms with Gasteiger partial charge in [0.05, 0.1) is 0 Å². The molecule has 0 amide bonds. The van der Waals surface area contributed by atoms with Gasteiger partial charge in [0, 0.05) is 19.8 Å². The van der Waals surface area contributed by atoms with Gasteiger partial charge >= 0.3 is 0 Å². The summed E-state index contributed by atoms with van der Waals surface area (Å²) in [7, 11) is 0. The lowest BCUT2D eigenvalue weighted by molar-refractivity contribution is 0.104. The third-order valence-electron chi connectivity index (χ3n) is 1.97. The first-order valence-electron chi connectivity index (χ1n) is 5.03. The molecule has 0 rings (SSSR count). The second-order valence-corrected chi connectivity index (χ2v) is 3.24. The predicted octanol–water partition coefficient (Wildman–Crippen LogP) is 2.21. The number of hydrogen-bond donors (Lipinski definition) is 1. The molecule has 0 fully saturated rings. The molecule has 0 saturated heterocycles. The Balaban J connectivity index is 3.19. The number of aliphatic hydroxyl groups is 1. The number of ether oxygens (including phenoxy) is 1. The summed E-state index contributed by atoms with van der Waals surface area (Å²) in [5.74, 6) is 0.451. The van der Waals surface area contributed by atoms with Gasteiger partial charge in [-0.3, -0.25) is 0 Å². The Morgan fingerprint density at radius 2 is 1.83 bits per heavy atom. The van der Waals surface area contributed by atoms with Crippen LogP contribution < -0.4 is 0 Å². The van der Waals surface area contributed by atoms with E-state index in [0.29, 0.717) is 12.5 Å². The van der Waals surface area contributed by atoms with Gasteiger partial charge in [-0.2, -0.15) is 0 Å². The van der Waals surface area contributed by atoms with E-state index in [2.05, 4.69) is 13.8 Å². The van der Waals surface area contributed by atoms with Gasteiger partial charge in [0.2, 0.25) is 0 Å². The van der Waals surface area contributed by atoms with Gasteiger partial charge in [0.25, 0.3) is 0 Å². The largest absolute Gasteiger partial charge is 0.396 e. The average Bonchev–Trinajstić information content (AvgIpc) is 2.10. The zero-order valence-electron chi connectivity index (χ0n) is 8.38. The van der Waals surface area contributed by atoms with Crippen molar-refractivity contribution < 1.29 is 9.84 Å². The van der Waals surface area contributed by atoms with E-state index in [-0.39, 0.29) is 0 Å².